The van der Waals surface area contributed by atoms with Gasteiger partial charge in [0.15, 0.2) is 0 Å². The van der Waals surface area contributed by atoms with Gasteiger partial charge < -0.3 is 21.3 Å². The molecule has 3 unspecified atom stereocenters. The predicted octanol–water partition coefficient (Wildman–Crippen LogP) is 4.85. The minimum Gasteiger partial charge on any atom is -0.464 e. The van der Waals surface area contributed by atoms with E-state index in [-0.39, 0.29) is 12.5 Å². The number of allylic oxidation sites excluding steroid dienone is 1. The zero-order valence-electron chi connectivity index (χ0n) is 19.3. The van der Waals surface area contributed by atoms with Crippen molar-refractivity contribution in [2.45, 2.75) is 122 Å². The van der Waals surface area contributed by atoms with Crippen molar-refractivity contribution in [2.75, 3.05) is 6.61 Å². The monoisotopic (exact) mass is 412 g/mol. The smallest absolute Gasteiger partial charge is 0.323 e. The maximum atomic E-state index is 11.7. The predicted molar refractivity (Wildman–Crippen MR) is 123 cm³/mol. The van der Waals surface area contributed by atoms with E-state index in [2.05, 4.69) is 6.92 Å². The van der Waals surface area contributed by atoms with Gasteiger partial charge in [0.05, 0.1) is 12.7 Å². The first-order valence-electron chi connectivity index (χ1n) is 11.9. The Bertz CT molecular complexity index is 413. The summed E-state index contributed by atoms with van der Waals surface area (Å²) in [4.78, 5) is 11.7. The van der Waals surface area contributed by atoms with Crippen molar-refractivity contribution in [1.82, 2.24) is 0 Å². The number of rotatable bonds is 19. The third-order valence-corrected chi connectivity index (χ3v) is 5.43. The fourth-order valence-electron chi connectivity index (χ4n) is 3.14. The minimum absolute atomic E-state index is 0.0419. The molecule has 29 heavy (non-hydrogen) atoms. The number of carbonyl (C=O) groups is 1. The summed E-state index contributed by atoms with van der Waals surface area (Å²) in [6, 6.07) is -1.05. The molecule has 0 bridgehead atoms. The quantitative estimate of drug-likeness (QED) is 0.160. The van der Waals surface area contributed by atoms with Gasteiger partial charge in [-0.3, -0.25) is 4.79 Å². The topological polar surface area (TPSA) is 98.6 Å². The molecule has 0 saturated carbocycles. The summed E-state index contributed by atoms with van der Waals surface area (Å²) in [6.45, 7) is 6.20. The van der Waals surface area contributed by atoms with E-state index in [1.165, 1.54) is 64.2 Å². The number of aliphatic hydroxyl groups excluding tert-OH is 1. The van der Waals surface area contributed by atoms with Crippen LogP contribution in [0.5, 0.6) is 0 Å². The van der Waals surface area contributed by atoms with Crippen LogP contribution < -0.4 is 11.5 Å². The van der Waals surface area contributed by atoms with Crippen LogP contribution in [0.3, 0.4) is 0 Å². The third-order valence-electron chi connectivity index (χ3n) is 5.43. The lowest BCUT2D eigenvalue weighted by Crippen LogP contribution is -2.39. The molecule has 5 nitrogen and oxygen atoms in total. The molecule has 0 aromatic carbocycles. The molecule has 5 N–H and O–H groups in total. The van der Waals surface area contributed by atoms with Crippen LogP contribution in [0.15, 0.2) is 12.2 Å². The molecule has 0 heterocycles. The zero-order chi connectivity index (χ0) is 21.9. The SMILES string of the molecule is CCCCCCCCCCCCC/C=C/C(O)C(N)CCOC(=O)C(N)C(C)C. The minimum atomic E-state index is -0.708. The highest BCUT2D eigenvalue weighted by Crippen LogP contribution is 2.12. The van der Waals surface area contributed by atoms with Crippen molar-refractivity contribution < 1.29 is 14.6 Å². The molecule has 0 spiro atoms. The summed E-state index contributed by atoms with van der Waals surface area (Å²) in [6.07, 6.45) is 19.1. The van der Waals surface area contributed by atoms with E-state index >= 15 is 0 Å². The summed E-state index contributed by atoms with van der Waals surface area (Å²) < 4.78 is 5.13. The highest BCUT2D eigenvalue weighted by Gasteiger charge is 2.19. The third kappa shape index (κ3) is 16.6. The van der Waals surface area contributed by atoms with Crippen molar-refractivity contribution in [1.29, 1.82) is 0 Å². The van der Waals surface area contributed by atoms with Crippen molar-refractivity contribution >= 4 is 5.97 Å². The number of carbonyl (C=O) groups excluding carboxylic acids is 1. The fourth-order valence-corrected chi connectivity index (χ4v) is 3.14. The van der Waals surface area contributed by atoms with Crippen LogP contribution in [0.25, 0.3) is 0 Å². The second-order valence-corrected chi connectivity index (χ2v) is 8.63. The molecule has 0 aliphatic rings. The normalized spacial score (nSPS) is 15.0. The first-order valence-corrected chi connectivity index (χ1v) is 11.9. The summed E-state index contributed by atoms with van der Waals surface area (Å²) in [5, 5.41) is 10.1. The van der Waals surface area contributed by atoms with Crippen LogP contribution in [0.2, 0.25) is 0 Å². The lowest BCUT2D eigenvalue weighted by molar-refractivity contribution is -0.146. The molecule has 0 fully saturated rings. The van der Waals surface area contributed by atoms with Gasteiger partial charge in [-0.2, -0.15) is 0 Å². The van der Waals surface area contributed by atoms with Crippen LogP contribution in [0.4, 0.5) is 0 Å². The second kappa shape index (κ2) is 19.1. The van der Waals surface area contributed by atoms with Crippen LogP contribution in [0.1, 0.15) is 104 Å². The number of nitrogens with two attached hydrogens (primary N) is 2. The van der Waals surface area contributed by atoms with Gasteiger partial charge in [0, 0.05) is 6.04 Å². The Hall–Kier alpha value is -0.910. The molecule has 0 amide bonds. The summed E-state index contributed by atoms with van der Waals surface area (Å²) in [5.74, 6) is -0.367. The highest BCUT2D eigenvalue weighted by atomic mass is 16.5. The Morgan fingerprint density at radius 1 is 0.931 bits per heavy atom. The van der Waals surface area contributed by atoms with Gasteiger partial charge in [0.2, 0.25) is 0 Å². The molecule has 172 valence electrons. The second-order valence-electron chi connectivity index (χ2n) is 8.63. The first kappa shape index (κ1) is 28.1. The Morgan fingerprint density at radius 3 is 1.97 bits per heavy atom. The van der Waals surface area contributed by atoms with Gasteiger partial charge in [0.25, 0.3) is 0 Å². The Morgan fingerprint density at radius 2 is 1.45 bits per heavy atom. The van der Waals surface area contributed by atoms with E-state index in [4.69, 9.17) is 16.2 Å². The molecule has 5 heteroatoms. The van der Waals surface area contributed by atoms with Crippen LogP contribution >= 0.6 is 0 Å². The van der Waals surface area contributed by atoms with E-state index in [1.807, 2.05) is 19.9 Å². The molecular formula is C24H48N2O3. The summed E-state index contributed by atoms with van der Waals surface area (Å²) in [5.41, 5.74) is 11.7. The van der Waals surface area contributed by atoms with Gasteiger partial charge in [-0.25, -0.2) is 0 Å². The lowest BCUT2D eigenvalue weighted by atomic mass is 10.0. The van der Waals surface area contributed by atoms with Gasteiger partial charge in [-0.15, -0.1) is 0 Å². The lowest BCUT2D eigenvalue weighted by Gasteiger charge is -2.18. The zero-order valence-corrected chi connectivity index (χ0v) is 19.3. The standard InChI is InChI=1S/C24H48N2O3/c1-4-5-6-7-8-9-10-11-12-13-14-15-16-17-22(27)21(25)18-19-29-24(28)23(26)20(2)3/h16-17,20-23,27H,4-15,18-19,25-26H2,1-3H3/b17-16+. The van der Waals surface area contributed by atoms with E-state index in [1.54, 1.807) is 6.08 Å². The van der Waals surface area contributed by atoms with E-state index < -0.39 is 24.2 Å². The molecule has 3 atom stereocenters. The van der Waals surface area contributed by atoms with E-state index in [0.717, 1.165) is 12.8 Å². The maximum absolute atomic E-state index is 11.7. The fraction of sp³-hybridized carbons (Fsp3) is 0.875. The van der Waals surface area contributed by atoms with Crippen molar-refractivity contribution in [2.24, 2.45) is 17.4 Å². The van der Waals surface area contributed by atoms with Crippen molar-refractivity contribution in [3.63, 3.8) is 0 Å². The number of unbranched alkanes of at least 4 members (excludes halogenated alkanes) is 11. The molecule has 0 rings (SSSR count). The van der Waals surface area contributed by atoms with Gasteiger partial charge in [-0.05, 0) is 25.2 Å². The molecule has 0 radical (unpaired) electrons. The van der Waals surface area contributed by atoms with Crippen LogP contribution in [-0.2, 0) is 9.53 Å². The molecule has 0 aromatic heterocycles. The number of esters is 1. The van der Waals surface area contributed by atoms with E-state index in [0.29, 0.717) is 6.42 Å². The van der Waals surface area contributed by atoms with Crippen molar-refractivity contribution in [3.05, 3.63) is 12.2 Å². The molecule has 0 aromatic rings. The first-order chi connectivity index (χ1) is 13.9. The van der Waals surface area contributed by atoms with Gasteiger partial charge in [0.1, 0.15) is 6.04 Å². The van der Waals surface area contributed by atoms with Crippen LogP contribution in [-0.4, -0.2) is 35.9 Å². The largest absolute Gasteiger partial charge is 0.464 e. The maximum Gasteiger partial charge on any atom is 0.323 e. The molecule has 0 saturated heterocycles. The van der Waals surface area contributed by atoms with Crippen LogP contribution in [0, 0.1) is 5.92 Å². The molecule has 0 aliphatic carbocycles. The Balaban J connectivity index is 3.60. The Labute approximate surface area is 179 Å². The number of aliphatic hydroxyl groups is 1. The average molecular weight is 413 g/mol. The van der Waals surface area contributed by atoms with E-state index in [9.17, 15) is 9.90 Å². The highest BCUT2D eigenvalue weighted by molar-refractivity contribution is 5.75. The number of ether oxygens (including phenoxy) is 1. The average Bonchev–Trinajstić information content (AvgIpc) is 2.70. The summed E-state index contributed by atoms with van der Waals surface area (Å²) in [7, 11) is 0. The summed E-state index contributed by atoms with van der Waals surface area (Å²) >= 11 is 0. The van der Waals surface area contributed by atoms with Crippen molar-refractivity contribution in [3.8, 4) is 0 Å². The molecule has 0 aliphatic heterocycles. The van der Waals surface area contributed by atoms with Gasteiger partial charge >= 0.3 is 5.97 Å². The van der Waals surface area contributed by atoms with Gasteiger partial charge in [-0.1, -0.05) is 97.1 Å². The molecular weight excluding hydrogens is 364 g/mol. The number of hydrogen-bond acceptors (Lipinski definition) is 5. The Kier molecular flexibility index (Phi) is 18.5. The number of hydrogen-bond donors (Lipinski definition) is 3.